The third-order valence-corrected chi connectivity index (χ3v) is 3.69. The second-order valence-corrected chi connectivity index (χ2v) is 5.31. The number of anilines is 1. The van der Waals surface area contributed by atoms with Crippen molar-refractivity contribution in [3.8, 4) is 0 Å². The summed E-state index contributed by atoms with van der Waals surface area (Å²) >= 11 is 3.16. The third-order valence-electron chi connectivity index (χ3n) is 3.08. The summed E-state index contributed by atoms with van der Waals surface area (Å²) < 4.78 is 27.1. The highest BCUT2D eigenvalue weighted by molar-refractivity contribution is 9.10. The molecule has 0 bridgehead atoms. The summed E-state index contributed by atoms with van der Waals surface area (Å²) in [6.45, 7) is 3.68. The van der Waals surface area contributed by atoms with Crippen LogP contribution in [0.1, 0.15) is 24.1 Å². The number of halogens is 3. The molecule has 0 saturated heterocycles. The lowest BCUT2D eigenvalue weighted by Crippen LogP contribution is -2.08. The average Bonchev–Trinajstić information content (AvgIpc) is 2.38. The number of nitrogens with one attached hydrogen (secondary N) is 1. The van der Waals surface area contributed by atoms with E-state index in [0.717, 1.165) is 11.3 Å². The Bertz CT molecular complexity index is 599. The molecule has 4 heteroatoms. The molecule has 1 N–H and O–H groups in total. The topological polar surface area (TPSA) is 12.0 Å². The molecule has 0 heterocycles. The quantitative estimate of drug-likeness (QED) is 0.816. The molecule has 0 aliphatic heterocycles. The maximum absolute atomic E-state index is 13.5. The maximum Gasteiger partial charge on any atom is 0.137 e. The fraction of sp³-hybridized carbons (Fsp3) is 0.200. The molecule has 0 aromatic heterocycles. The second kappa shape index (κ2) is 5.70. The molecule has 100 valence electrons. The summed E-state index contributed by atoms with van der Waals surface area (Å²) in [5, 5.41) is 3.23. The van der Waals surface area contributed by atoms with Crippen LogP contribution >= 0.6 is 15.9 Å². The van der Waals surface area contributed by atoms with Crippen LogP contribution in [0.15, 0.2) is 40.9 Å². The van der Waals surface area contributed by atoms with Gasteiger partial charge >= 0.3 is 0 Å². The van der Waals surface area contributed by atoms with E-state index in [9.17, 15) is 8.78 Å². The zero-order valence-electron chi connectivity index (χ0n) is 10.7. The smallest absolute Gasteiger partial charge is 0.137 e. The first-order valence-electron chi connectivity index (χ1n) is 5.95. The standard InChI is InChI=1S/C15H14BrF2N/c1-9-13(17)4-3-5-15(9)19-10(2)11-6-7-14(18)12(16)8-11/h3-8,10,19H,1-2H3. The molecular formula is C15H14BrF2N. The summed E-state index contributed by atoms with van der Waals surface area (Å²) in [6, 6.07) is 9.73. The first-order valence-corrected chi connectivity index (χ1v) is 6.75. The van der Waals surface area contributed by atoms with Gasteiger partial charge in [-0.1, -0.05) is 12.1 Å². The Balaban J connectivity index is 2.23. The van der Waals surface area contributed by atoms with Crippen molar-refractivity contribution in [3.05, 3.63) is 63.6 Å². The lowest BCUT2D eigenvalue weighted by atomic mass is 10.1. The second-order valence-electron chi connectivity index (χ2n) is 4.45. The molecule has 1 nitrogen and oxygen atoms in total. The van der Waals surface area contributed by atoms with Gasteiger partial charge in [0.05, 0.1) is 4.47 Å². The molecule has 1 unspecified atom stereocenters. The Morgan fingerprint density at radius 3 is 2.53 bits per heavy atom. The van der Waals surface area contributed by atoms with Gasteiger partial charge in [-0.25, -0.2) is 8.78 Å². The van der Waals surface area contributed by atoms with Gasteiger partial charge in [-0.3, -0.25) is 0 Å². The molecule has 2 aromatic carbocycles. The van der Waals surface area contributed by atoms with Crippen molar-refractivity contribution in [2.45, 2.75) is 19.9 Å². The molecule has 2 aromatic rings. The fourth-order valence-electron chi connectivity index (χ4n) is 1.86. The lowest BCUT2D eigenvalue weighted by molar-refractivity contribution is 0.618. The van der Waals surface area contributed by atoms with Crippen molar-refractivity contribution < 1.29 is 8.78 Å². The Labute approximate surface area is 119 Å². The first-order chi connectivity index (χ1) is 8.99. The minimum absolute atomic E-state index is 0.0441. The number of hydrogen-bond donors (Lipinski definition) is 1. The van der Waals surface area contributed by atoms with Crippen LogP contribution in [0.2, 0.25) is 0 Å². The molecule has 2 rings (SSSR count). The van der Waals surface area contributed by atoms with E-state index in [-0.39, 0.29) is 17.7 Å². The van der Waals surface area contributed by atoms with Gasteiger partial charge in [-0.2, -0.15) is 0 Å². The normalized spacial score (nSPS) is 12.3. The zero-order valence-corrected chi connectivity index (χ0v) is 12.3. The van der Waals surface area contributed by atoms with Gasteiger partial charge in [0.25, 0.3) is 0 Å². The molecule has 1 atom stereocenters. The van der Waals surface area contributed by atoms with E-state index in [1.54, 1.807) is 25.1 Å². The van der Waals surface area contributed by atoms with E-state index in [1.165, 1.54) is 12.1 Å². The van der Waals surface area contributed by atoms with Crippen LogP contribution in [0, 0.1) is 18.6 Å². The summed E-state index contributed by atoms with van der Waals surface area (Å²) in [7, 11) is 0. The molecule has 19 heavy (non-hydrogen) atoms. The Morgan fingerprint density at radius 1 is 1.11 bits per heavy atom. The predicted molar refractivity (Wildman–Crippen MR) is 77.3 cm³/mol. The highest BCUT2D eigenvalue weighted by Gasteiger charge is 2.10. The van der Waals surface area contributed by atoms with Gasteiger partial charge in [0.1, 0.15) is 11.6 Å². The summed E-state index contributed by atoms with van der Waals surface area (Å²) in [5.74, 6) is -0.532. The van der Waals surface area contributed by atoms with Crippen LogP contribution in [0.25, 0.3) is 0 Å². The zero-order chi connectivity index (χ0) is 14.0. The van der Waals surface area contributed by atoms with Gasteiger partial charge < -0.3 is 5.32 Å². The van der Waals surface area contributed by atoms with Crippen molar-refractivity contribution in [2.24, 2.45) is 0 Å². The minimum Gasteiger partial charge on any atom is -0.378 e. The van der Waals surface area contributed by atoms with Gasteiger partial charge in [0, 0.05) is 17.3 Å². The molecule has 0 aliphatic rings. The number of benzene rings is 2. The Morgan fingerprint density at radius 2 is 1.84 bits per heavy atom. The van der Waals surface area contributed by atoms with Crippen LogP contribution in [0.4, 0.5) is 14.5 Å². The van der Waals surface area contributed by atoms with Crippen LogP contribution < -0.4 is 5.32 Å². The summed E-state index contributed by atoms with van der Waals surface area (Å²) in [5.41, 5.74) is 2.25. The highest BCUT2D eigenvalue weighted by atomic mass is 79.9. The average molecular weight is 326 g/mol. The van der Waals surface area contributed by atoms with Gasteiger partial charge in [0.2, 0.25) is 0 Å². The van der Waals surface area contributed by atoms with Gasteiger partial charge in [-0.05, 0) is 59.6 Å². The Hall–Kier alpha value is -1.42. The maximum atomic E-state index is 13.5. The number of hydrogen-bond acceptors (Lipinski definition) is 1. The van der Waals surface area contributed by atoms with E-state index in [4.69, 9.17) is 0 Å². The lowest BCUT2D eigenvalue weighted by Gasteiger charge is -2.18. The largest absolute Gasteiger partial charge is 0.378 e. The minimum atomic E-state index is -0.294. The first kappa shape index (κ1) is 14.0. The van der Waals surface area contributed by atoms with Crippen LogP contribution in [-0.4, -0.2) is 0 Å². The summed E-state index contributed by atoms with van der Waals surface area (Å²) in [6.07, 6.45) is 0. The molecule has 0 radical (unpaired) electrons. The predicted octanol–water partition coefficient (Wildman–Crippen LogP) is 5.21. The molecular weight excluding hydrogens is 312 g/mol. The van der Waals surface area contributed by atoms with E-state index in [1.807, 2.05) is 13.0 Å². The van der Waals surface area contributed by atoms with E-state index >= 15 is 0 Å². The van der Waals surface area contributed by atoms with Crippen LogP contribution in [0.3, 0.4) is 0 Å². The third kappa shape index (κ3) is 3.13. The number of rotatable bonds is 3. The summed E-state index contributed by atoms with van der Waals surface area (Å²) in [4.78, 5) is 0. The van der Waals surface area contributed by atoms with Crippen LogP contribution in [-0.2, 0) is 0 Å². The van der Waals surface area contributed by atoms with E-state index < -0.39 is 0 Å². The fourth-order valence-corrected chi connectivity index (χ4v) is 2.26. The van der Waals surface area contributed by atoms with Crippen LogP contribution in [0.5, 0.6) is 0 Å². The van der Waals surface area contributed by atoms with Gasteiger partial charge in [-0.15, -0.1) is 0 Å². The molecule has 0 aliphatic carbocycles. The molecule has 0 amide bonds. The molecule has 0 fully saturated rings. The SMILES string of the molecule is Cc1c(F)cccc1NC(C)c1ccc(F)c(Br)c1. The van der Waals surface area contributed by atoms with E-state index in [2.05, 4.69) is 21.2 Å². The monoisotopic (exact) mass is 325 g/mol. The van der Waals surface area contributed by atoms with Crippen molar-refractivity contribution in [1.29, 1.82) is 0 Å². The Kier molecular flexibility index (Phi) is 4.20. The van der Waals surface area contributed by atoms with Gasteiger partial charge in [0.15, 0.2) is 0 Å². The van der Waals surface area contributed by atoms with Crippen molar-refractivity contribution in [1.82, 2.24) is 0 Å². The van der Waals surface area contributed by atoms with Crippen molar-refractivity contribution in [3.63, 3.8) is 0 Å². The van der Waals surface area contributed by atoms with Crippen molar-refractivity contribution in [2.75, 3.05) is 5.32 Å². The van der Waals surface area contributed by atoms with Crippen molar-refractivity contribution >= 4 is 21.6 Å². The molecule has 0 spiro atoms. The van der Waals surface area contributed by atoms with E-state index in [0.29, 0.717) is 10.0 Å². The molecule has 0 saturated carbocycles. The highest BCUT2D eigenvalue weighted by Crippen LogP contribution is 2.26.